The zero-order chi connectivity index (χ0) is 18.4. The number of carbonyl (C=O) groups is 2. The highest BCUT2D eigenvalue weighted by Crippen LogP contribution is 2.19. The van der Waals surface area contributed by atoms with Gasteiger partial charge in [-0.1, -0.05) is 54.6 Å². The van der Waals surface area contributed by atoms with Gasteiger partial charge in [-0.15, -0.1) is 0 Å². The Hall–Kier alpha value is -2.82. The summed E-state index contributed by atoms with van der Waals surface area (Å²) in [6.07, 6.45) is 1.54. The molecule has 2 aromatic rings. The van der Waals surface area contributed by atoms with Crippen molar-refractivity contribution in [3.63, 3.8) is 0 Å². The molecule has 0 aromatic heterocycles. The van der Waals surface area contributed by atoms with Crippen LogP contribution in [0.5, 0.6) is 0 Å². The highest BCUT2D eigenvalue weighted by molar-refractivity contribution is 5.84. The summed E-state index contributed by atoms with van der Waals surface area (Å²) in [6.45, 7) is 3.35. The van der Waals surface area contributed by atoms with Gasteiger partial charge < -0.3 is 15.5 Å². The van der Waals surface area contributed by atoms with Crippen LogP contribution in [0.25, 0.3) is 11.1 Å². The fourth-order valence-corrected chi connectivity index (χ4v) is 3.15. The molecule has 1 unspecified atom stereocenters. The topological polar surface area (TPSA) is 61.4 Å². The second-order valence-corrected chi connectivity index (χ2v) is 6.74. The van der Waals surface area contributed by atoms with Crippen molar-refractivity contribution < 1.29 is 9.59 Å². The SMILES string of the molecule is CC(Cc1ccc(-c2ccccc2)cc1)NC(=O)N1CCCNC(=O)C1. The number of nitrogens with one attached hydrogen (secondary N) is 2. The van der Waals surface area contributed by atoms with Crippen molar-refractivity contribution in [2.24, 2.45) is 0 Å². The zero-order valence-corrected chi connectivity index (χ0v) is 15.1. The van der Waals surface area contributed by atoms with Crippen LogP contribution in [0.2, 0.25) is 0 Å². The van der Waals surface area contributed by atoms with Gasteiger partial charge in [-0.25, -0.2) is 4.79 Å². The molecule has 0 aliphatic carbocycles. The second kappa shape index (κ2) is 8.52. The zero-order valence-electron chi connectivity index (χ0n) is 15.1. The lowest BCUT2D eigenvalue weighted by molar-refractivity contribution is -0.121. The van der Waals surface area contributed by atoms with Crippen molar-refractivity contribution in [3.05, 3.63) is 60.2 Å². The molecule has 0 spiro atoms. The summed E-state index contributed by atoms with van der Waals surface area (Å²) in [5.41, 5.74) is 3.55. The van der Waals surface area contributed by atoms with Crippen LogP contribution in [0.3, 0.4) is 0 Å². The molecule has 26 heavy (non-hydrogen) atoms. The maximum absolute atomic E-state index is 12.4. The standard InChI is InChI=1S/C21H25N3O2/c1-16(23-21(26)24-13-5-12-22-20(25)15-24)14-17-8-10-19(11-9-17)18-6-3-2-4-7-18/h2-4,6-11,16H,5,12-15H2,1H3,(H,22,25)(H,23,26). The molecule has 3 amide bonds. The molecule has 0 bridgehead atoms. The first-order valence-electron chi connectivity index (χ1n) is 9.08. The van der Waals surface area contributed by atoms with Crippen LogP contribution in [0.4, 0.5) is 4.79 Å². The Balaban J connectivity index is 1.55. The molecule has 3 rings (SSSR count). The van der Waals surface area contributed by atoms with E-state index in [4.69, 9.17) is 0 Å². The molecule has 1 atom stereocenters. The number of amides is 3. The van der Waals surface area contributed by atoms with E-state index in [0.29, 0.717) is 13.1 Å². The molecular weight excluding hydrogens is 326 g/mol. The van der Waals surface area contributed by atoms with Crippen molar-refractivity contribution in [1.29, 1.82) is 0 Å². The number of nitrogens with zero attached hydrogens (tertiary/aromatic N) is 1. The van der Waals surface area contributed by atoms with E-state index in [1.54, 1.807) is 4.90 Å². The first kappa shape index (κ1) is 18.0. The Bertz CT molecular complexity index is 744. The maximum Gasteiger partial charge on any atom is 0.318 e. The Morgan fingerprint density at radius 2 is 1.81 bits per heavy atom. The van der Waals surface area contributed by atoms with Gasteiger partial charge in [0.25, 0.3) is 0 Å². The van der Waals surface area contributed by atoms with E-state index in [-0.39, 0.29) is 24.5 Å². The van der Waals surface area contributed by atoms with E-state index in [2.05, 4.69) is 47.0 Å². The highest BCUT2D eigenvalue weighted by atomic mass is 16.2. The molecule has 5 heteroatoms. The van der Waals surface area contributed by atoms with E-state index < -0.39 is 0 Å². The number of rotatable bonds is 4. The fraction of sp³-hybridized carbons (Fsp3) is 0.333. The molecule has 1 aliphatic rings. The van der Waals surface area contributed by atoms with E-state index in [1.165, 1.54) is 16.7 Å². The lowest BCUT2D eigenvalue weighted by Gasteiger charge is -2.22. The Labute approximate surface area is 154 Å². The molecular formula is C21H25N3O2. The van der Waals surface area contributed by atoms with Gasteiger partial charge in [0.1, 0.15) is 6.54 Å². The summed E-state index contributed by atoms with van der Waals surface area (Å²) in [4.78, 5) is 25.5. The van der Waals surface area contributed by atoms with Crippen LogP contribution in [0.1, 0.15) is 18.9 Å². The Morgan fingerprint density at radius 3 is 2.54 bits per heavy atom. The van der Waals surface area contributed by atoms with E-state index in [9.17, 15) is 9.59 Å². The monoisotopic (exact) mass is 351 g/mol. The van der Waals surface area contributed by atoms with E-state index in [1.807, 2.05) is 25.1 Å². The molecule has 2 aromatic carbocycles. The smallest absolute Gasteiger partial charge is 0.318 e. The first-order chi connectivity index (χ1) is 12.6. The lowest BCUT2D eigenvalue weighted by Crippen LogP contribution is -2.46. The third-order valence-electron chi connectivity index (χ3n) is 4.52. The van der Waals surface area contributed by atoms with Crippen LogP contribution in [-0.2, 0) is 11.2 Å². The van der Waals surface area contributed by atoms with Gasteiger partial charge in [0, 0.05) is 19.1 Å². The third kappa shape index (κ3) is 4.85. The number of benzene rings is 2. The number of hydrogen-bond donors (Lipinski definition) is 2. The molecule has 0 saturated carbocycles. The fourth-order valence-electron chi connectivity index (χ4n) is 3.15. The summed E-state index contributed by atoms with van der Waals surface area (Å²) >= 11 is 0. The molecule has 5 nitrogen and oxygen atoms in total. The summed E-state index contributed by atoms with van der Waals surface area (Å²) in [5, 5.41) is 5.78. The Morgan fingerprint density at radius 1 is 1.12 bits per heavy atom. The third-order valence-corrected chi connectivity index (χ3v) is 4.52. The van der Waals surface area contributed by atoms with E-state index >= 15 is 0 Å². The number of carbonyl (C=O) groups excluding carboxylic acids is 2. The minimum absolute atomic E-state index is 0.00334. The first-order valence-corrected chi connectivity index (χ1v) is 9.08. The highest BCUT2D eigenvalue weighted by Gasteiger charge is 2.20. The number of urea groups is 1. The molecule has 1 fully saturated rings. The minimum atomic E-state index is -0.171. The molecule has 0 radical (unpaired) electrons. The predicted molar refractivity (Wildman–Crippen MR) is 103 cm³/mol. The van der Waals surface area contributed by atoms with Gasteiger partial charge >= 0.3 is 6.03 Å². The van der Waals surface area contributed by atoms with Gasteiger partial charge in [-0.05, 0) is 36.5 Å². The van der Waals surface area contributed by atoms with Crippen LogP contribution >= 0.6 is 0 Å². The predicted octanol–water partition coefficient (Wildman–Crippen LogP) is 2.82. The second-order valence-electron chi connectivity index (χ2n) is 6.74. The molecule has 1 saturated heterocycles. The van der Waals surface area contributed by atoms with Crippen molar-refractivity contribution in [2.45, 2.75) is 25.8 Å². The van der Waals surface area contributed by atoms with Crippen molar-refractivity contribution in [1.82, 2.24) is 15.5 Å². The average molecular weight is 351 g/mol. The normalized spacial score (nSPS) is 15.7. The van der Waals surface area contributed by atoms with Crippen LogP contribution in [-0.4, -0.2) is 42.5 Å². The van der Waals surface area contributed by atoms with Crippen molar-refractivity contribution >= 4 is 11.9 Å². The molecule has 136 valence electrons. The van der Waals surface area contributed by atoms with Crippen LogP contribution in [0, 0.1) is 0 Å². The Kier molecular flexibility index (Phi) is 5.89. The van der Waals surface area contributed by atoms with Gasteiger partial charge in [-0.2, -0.15) is 0 Å². The van der Waals surface area contributed by atoms with Gasteiger partial charge in [0.05, 0.1) is 0 Å². The van der Waals surface area contributed by atoms with Crippen LogP contribution in [0.15, 0.2) is 54.6 Å². The summed E-state index contributed by atoms with van der Waals surface area (Å²) < 4.78 is 0. The largest absolute Gasteiger partial charge is 0.354 e. The number of hydrogen-bond acceptors (Lipinski definition) is 2. The maximum atomic E-state index is 12.4. The van der Waals surface area contributed by atoms with Crippen molar-refractivity contribution in [2.75, 3.05) is 19.6 Å². The van der Waals surface area contributed by atoms with Gasteiger partial charge in [0.2, 0.25) is 5.91 Å². The van der Waals surface area contributed by atoms with E-state index in [0.717, 1.165) is 12.8 Å². The summed E-state index contributed by atoms with van der Waals surface area (Å²) in [5.74, 6) is -0.0956. The molecule has 1 heterocycles. The van der Waals surface area contributed by atoms with Crippen molar-refractivity contribution in [3.8, 4) is 11.1 Å². The minimum Gasteiger partial charge on any atom is -0.354 e. The van der Waals surface area contributed by atoms with Gasteiger partial charge in [-0.3, -0.25) is 4.79 Å². The molecule has 1 aliphatic heterocycles. The van der Waals surface area contributed by atoms with Crippen LogP contribution < -0.4 is 10.6 Å². The quantitative estimate of drug-likeness (QED) is 0.890. The molecule has 2 N–H and O–H groups in total. The summed E-state index contributed by atoms with van der Waals surface area (Å²) in [6, 6.07) is 18.5. The lowest BCUT2D eigenvalue weighted by atomic mass is 10.0. The van der Waals surface area contributed by atoms with Gasteiger partial charge in [0.15, 0.2) is 0 Å². The summed E-state index contributed by atoms with van der Waals surface area (Å²) in [7, 11) is 0. The average Bonchev–Trinajstić information content (AvgIpc) is 2.87.